The number of amides is 1. The van der Waals surface area contributed by atoms with E-state index in [0.29, 0.717) is 6.54 Å². The predicted molar refractivity (Wildman–Crippen MR) is 135 cm³/mol. The van der Waals surface area contributed by atoms with Crippen LogP contribution in [0.1, 0.15) is 56.9 Å². The summed E-state index contributed by atoms with van der Waals surface area (Å²) in [6.07, 6.45) is 8.53. The first-order valence-corrected chi connectivity index (χ1v) is 12.4. The molecule has 0 aromatic heterocycles. The van der Waals surface area contributed by atoms with Gasteiger partial charge in [0.15, 0.2) is 0 Å². The fourth-order valence-corrected chi connectivity index (χ4v) is 5.25. The first-order chi connectivity index (χ1) is 16.0. The lowest BCUT2D eigenvalue weighted by Gasteiger charge is -2.35. The summed E-state index contributed by atoms with van der Waals surface area (Å²) in [5, 5.41) is 0. The molecule has 0 spiro atoms. The molecule has 1 saturated carbocycles. The molecule has 6 nitrogen and oxygen atoms in total. The molecule has 178 valence electrons. The van der Waals surface area contributed by atoms with E-state index in [0.717, 1.165) is 66.8 Å². The number of anilines is 2. The molecule has 2 fully saturated rings. The van der Waals surface area contributed by atoms with Gasteiger partial charge in [-0.3, -0.25) is 0 Å². The zero-order valence-corrected chi connectivity index (χ0v) is 19.8. The van der Waals surface area contributed by atoms with Crippen molar-refractivity contribution in [1.29, 1.82) is 0 Å². The fraction of sp³-hybridized carbons (Fsp3) is 0.519. The maximum atomic E-state index is 12.6. The van der Waals surface area contributed by atoms with Gasteiger partial charge in [-0.15, -0.1) is 0 Å². The second-order valence-corrected chi connectivity index (χ2v) is 9.54. The highest BCUT2D eigenvalue weighted by Gasteiger charge is 2.28. The predicted octanol–water partition coefficient (Wildman–Crippen LogP) is 5.15. The van der Waals surface area contributed by atoms with Crippen LogP contribution in [-0.2, 0) is 11.3 Å². The maximum Gasteiger partial charge on any atom is 0.410 e. The number of benzene rings is 2. The van der Waals surface area contributed by atoms with Gasteiger partial charge in [-0.05, 0) is 73.4 Å². The van der Waals surface area contributed by atoms with Crippen LogP contribution in [0.4, 0.5) is 16.2 Å². The van der Waals surface area contributed by atoms with Crippen molar-refractivity contribution >= 4 is 17.5 Å². The standard InChI is InChI=1S/C27H38N4O2/c1-33-27(32)31(24-12-10-23(28)11-13-24)19-20-7-6-8-21(17-20)22-9-14-26(25(29)18-22)30-15-4-2-3-5-16-30/h6-9,14,17-18,23-24H,2-5,10-13,15-16,19,28-29H2,1H3. The van der Waals surface area contributed by atoms with Crippen molar-refractivity contribution in [2.24, 2.45) is 5.73 Å². The number of carbonyl (C=O) groups is 1. The average molecular weight is 451 g/mol. The van der Waals surface area contributed by atoms with Crippen molar-refractivity contribution < 1.29 is 9.53 Å². The quantitative estimate of drug-likeness (QED) is 0.615. The molecule has 1 saturated heterocycles. The number of rotatable bonds is 5. The van der Waals surface area contributed by atoms with E-state index in [4.69, 9.17) is 16.2 Å². The molecule has 4 rings (SSSR count). The second-order valence-electron chi connectivity index (χ2n) is 9.54. The van der Waals surface area contributed by atoms with Crippen molar-refractivity contribution in [2.45, 2.75) is 70.0 Å². The second kappa shape index (κ2) is 10.9. The number of carbonyl (C=O) groups excluding carboxylic acids is 1. The van der Waals surface area contributed by atoms with Crippen LogP contribution in [0.15, 0.2) is 42.5 Å². The summed E-state index contributed by atoms with van der Waals surface area (Å²) < 4.78 is 5.11. The monoisotopic (exact) mass is 450 g/mol. The average Bonchev–Trinajstić information content (AvgIpc) is 3.12. The number of nitrogens with zero attached hydrogens (tertiary/aromatic N) is 2. The van der Waals surface area contributed by atoms with Crippen molar-refractivity contribution in [3.05, 3.63) is 48.0 Å². The van der Waals surface area contributed by atoms with E-state index in [1.807, 2.05) is 4.90 Å². The van der Waals surface area contributed by atoms with E-state index in [1.54, 1.807) is 0 Å². The van der Waals surface area contributed by atoms with Gasteiger partial charge >= 0.3 is 6.09 Å². The van der Waals surface area contributed by atoms with Crippen LogP contribution in [0.3, 0.4) is 0 Å². The Balaban J connectivity index is 1.52. The Morgan fingerprint density at radius 1 is 1.00 bits per heavy atom. The Bertz CT molecular complexity index is 931. The lowest BCUT2D eigenvalue weighted by Crippen LogP contribution is -2.43. The van der Waals surface area contributed by atoms with E-state index in [2.05, 4.69) is 47.4 Å². The van der Waals surface area contributed by atoms with Crippen molar-refractivity contribution in [3.8, 4) is 11.1 Å². The molecule has 33 heavy (non-hydrogen) atoms. The van der Waals surface area contributed by atoms with E-state index in [9.17, 15) is 4.79 Å². The molecule has 6 heteroatoms. The van der Waals surface area contributed by atoms with Gasteiger partial charge in [0.05, 0.1) is 18.5 Å². The van der Waals surface area contributed by atoms with E-state index in [1.165, 1.54) is 32.8 Å². The van der Waals surface area contributed by atoms with E-state index >= 15 is 0 Å². The fourth-order valence-electron chi connectivity index (χ4n) is 5.25. The summed E-state index contributed by atoms with van der Waals surface area (Å²) in [4.78, 5) is 16.8. The van der Waals surface area contributed by atoms with Crippen LogP contribution in [0, 0.1) is 0 Å². The highest BCUT2D eigenvalue weighted by molar-refractivity contribution is 5.77. The van der Waals surface area contributed by atoms with Crippen LogP contribution in [0.2, 0.25) is 0 Å². The van der Waals surface area contributed by atoms with Crippen molar-refractivity contribution in [2.75, 3.05) is 30.8 Å². The summed E-state index contributed by atoms with van der Waals surface area (Å²) in [6.45, 7) is 2.69. The maximum absolute atomic E-state index is 12.6. The summed E-state index contributed by atoms with van der Waals surface area (Å²) >= 11 is 0. The molecule has 1 aliphatic heterocycles. The third kappa shape index (κ3) is 5.80. The Kier molecular flexibility index (Phi) is 7.76. The minimum absolute atomic E-state index is 0.171. The van der Waals surface area contributed by atoms with Crippen LogP contribution < -0.4 is 16.4 Å². The van der Waals surface area contributed by atoms with Gasteiger partial charge in [-0.2, -0.15) is 0 Å². The van der Waals surface area contributed by atoms with Gasteiger partial charge in [0.25, 0.3) is 0 Å². The smallest absolute Gasteiger partial charge is 0.410 e. The molecular weight excluding hydrogens is 412 g/mol. The number of ether oxygens (including phenoxy) is 1. The number of methoxy groups -OCH3 is 1. The van der Waals surface area contributed by atoms with E-state index in [-0.39, 0.29) is 18.2 Å². The number of hydrogen-bond acceptors (Lipinski definition) is 5. The highest BCUT2D eigenvalue weighted by Crippen LogP contribution is 2.32. The summed E-state index contributed by atoms with van der Waals surface area (Å²) in [6, 6.07) is 15.2. The van der Waals surface area contributed by atoms with Gasteiger partial charge in [-0.1, -0.05) is 37.1 Å². The number of hydrogen-bond donors (Lipinski definition) is 2. The molecule has 0 unspecified atom stereocenters. The third-order valence-electron chi connectivity index (χ3n) is 7.18. The summed E-state index contributed by atoms with van der Waals surface area (Å²) in [7, 11) is 1.45. The van der Waals surface area contributed by atoms with Crippen LogP contribution in [-0.4, -0.2) is 43.3 Å². The molecule has 0 atom stereocenters. The molecule has 1 amide bonds. The van der Waals surface area contributed by atoms with Gasteiger partial charge in [0, 0.05) is 31.7 Å². The molecule has 0 bridgehead atoms. The minimum atomic E-state index is -0.271. The SMILES string of the molecule is COC(=O)N(Cc1cccc(-c2ccc(N3CCCCCC3)c(N)c2)c1)C1CCC(N)CC1. The van der Waals surface area contributed by atoms with Crippen LogP contribution in [0.5, 0.6) is 0 Å². The molecular formula is C27H38N4O2. The van der Waals surface area contributed by atoms with Crippen molar-refractivity contribution in [1.82, 2.24) is 4.90 Å². The van der Waals surface area contributed by atoms with Gasteiger partial charge in [0.1, 0.15) is 0 Å². The largest absolute Gasteiger partial charge is 0.453 e. The molecule has 0 radical (unpaired) electrons. The molecule has 1 aliphatic carbocycles. The van der Waals surface area contributed by atoms with Crippen LogP contribution >= 0.6 is 0 Å². The molecule has 2 aromatic carbocycles. The summed E-state index contributed by atoms with van der Waals surface area (Å²) in [5.41, 5.74) is 17.8. The van der Waals surface area contributed by atoms with Gasteiger partial charge in [0.2, 0.25) is 0 Å². The Morgan fingerprint density at radius 3 is 2.36 bits per heavy atom. The van der Waals surface area contributed by atoms with Gasteiger partial charge in [-0.25, -0.2) is 4.79 Å². The zero-order chi connectivity index (χ0) is 23.2. The number of nitrogens with two attached hydrogens (primary N) is 2. The Morgan fingerprint density at radius 2 is 1.70 bits per heavy atom. The molecule has 1 heterocycles. The Labute approximate surface area is 197 Å². The Hall–Kier alpha value is -2.73. The zero-order valence-electron chi connectivity index (χ0n) is 19.8. The van der Waals surface area contributed by atoms with E-state index < -0.39 is 0 Å². The molecule has 2 aromatic rings. The molecule has 4 N–H and O–H groups in total. The van der Waals surface area contributed by atoms with Gasteiger partial charge < -0.3 is 26.0 Å². The number of nitrogen functional groups attached to an aromatic ring is 1. The first-order valence-electron chi connectivity index (χ1n) is 12.4. The molecule has 2 aliphatic rings. The minimum Gasteiger partial charge on any atom is -0.453 e. The van der Waals surface area contributed by atoms with Crippen molar-refractivity contribution in [3.63, 3.8) is 0 Å². The topological polar surface area (TPSA) is 84.8 Å². The third-order valence-corrected chi connectivity index (χ3v) is 7.18. The highest BCUT2D eigenvalue weighted by atomic mass is 16.5. The van der Waals surface area contributed by atoms with Crippen LogP contribution in [0.25, 0.3) is 11.1 Å². The lowest BCUT2D eigenvalue weighted by molar-refractivity contribution is 0.0879. The normalized spacial score (nSPS) is 21.3. The first kappa shape index (κ1) is 23.4. The summed E-state index contributed by atoms with van der Waals surface area (Å²) in [5.74, 6) is 0. The lowest BCUT2D eigenvalue weighted by atomic mass is 9.90.